The molecule has 5 rings (SSSR count). The van der Waals surface area contributed by atoms with Gasteiger partial charge in [0, 0.05) is 25.1 Å². The van der Waals surface area contributed by atoms with Crippen LogP contribution in [0.4, 0.5) is 22.8 Å². The Morgan fingerprint density at radius 3 is 1.61 bits per heavy atom. The normalized spacial score (nSPS) is 21.3. The summed E-state index contributed by atoms with van der Waals surface area (Å²) in [5.41, 5.74) is -4.74. The topological polar surface area (TPSA) is 304 Å². The maximum absolute atomic E-state index is 14.1. The lowest BCUT2D eigenvalue weighted by Gasteiger charge is -2.62. The first-order chi connectivity index (χ1) is 35.2. The molecule has 77 heavy (non-hydrogen) atoms. The fraction of sp³-hybridized carbons (Fsp3) is 0.667. The maximum atomic E-state index is 14.1. The first-order valence-corrected chi connectivity index (χ1v) is 24.6. The Hall–Kier alpha value is -6.86. The van der Waals surface area contributed by atoms with E-state index in [4.69, 9.17) is 52.5 Å². The molecule has 1 spiro atoms. The predicted octanol–water partition coefficient (Wildman–Crippen LogP) is 5.51. The van der Waals surface area contributed by atoms with E-state index >= 15 is 0 Å². The molecule has 23 nitrogen and oxygen atoms in total. The molecule has 6 atom stereocenters. The molecule has 430 valence electrons. The van der Waals surface area contributed by atoms with Crippen LogP contribution in [-0.2, 0) is 83.3 Å². The molecule has 1 saturated heterocycles. The van der Waals surface area contributed by atoms with Gasteiger partial charge in [-0.2, -0.15) is 13.2 Å². The van der Waals surface area contributed by atoms with E-state index in [1.807, 2.05) is 7.05 Å². The van der Waals surface area contributed by atoms with Crippen LogP contribution in [0.15, 0.2) is 24.0 Å². The van der Waals surface area contributed by atoms with Gasteiger partial charge in [-0.25, -0.2) is 14.4 Å². The highest BCUT2D eigenvalue weighted by atomic mass is 19.4. The highest BCUT2D eigenvalue weighted by Gasteiger charge is 2.74. The molecule has 0 aromatic heterocycles. The van der Waals surface area contributed by atoms with Gasteiger partial charge in [-0.15, -0.1) is 0 Å². The Bertz CT molecular complexity index is 2410. The molecule has 4 N–H and O–H groups in total. The van der Waals surface area contributed by atoms with Crippen molar-refractivity contribution >= 4 is 54.0 Å². The molecule has 2 aliphatic heterocycles. The molecule has 2 amide bonds. The molecule has 0 radical (unpaired) electrons. The van der Waals surface area contributed by atoms with Crippen LogP contribution in [0.1, 0.15) is 133 Å². The predicted molar refractivity (Wildman–Crippen MR) is 259 cm³/mol. The molecule has 2 bridgehead atoms. The fourth-order valence-electron chi connectivity index (χ4n) is 9.07. The number of hydrogen-bond donors (Lipinski definition) is 4. The van der Waals surface area contributed by atoms with E-state index in [9.17, 15) is 56.6 Å². The van der Waals surface area contributed by atoms with E-state index in [-0.39, 0.29) is 49.6 Å². The average molecular weight is 1100 g/mol. The number of amides is 2. The summed E-state index contributed by atoms with van der Waals surface area (Å²) < 4.78 is 82.3. The molecule has 0 saturated carbocycles. The number of nitrogens with one attached hydrogen (secondary N) is 2. The Morgan fingerprint density at radius 1 is 0.714 bits per heavy atom. The SMILES string of the molecule is CN1CC[C@]23c4c5ccc(O)c4O[C@H]2C(OC(=O)CCNC(=O)C(CC(=O)OC(C)(C)C)OC(=O)OC(C)(C)C)=CC[C@@]3(OC(=O)CCNC(=O)C(CC(=O)OC(C)(C)C)OC(=O)OC(C)(C)C)[C@H]1C5.O=C(O)C(F)(F)F. The second-order valence-corrected chi connectivity index (χ2v) is 22.6. The van der Waals surface area contributed by atoms with Crippen molar-refractivity contribution in [3.05, 3.63) is 35.1 Å². The van der Waals surface area contributed by atoms with E-state index in [0.717, 1.165) is 5.56 Å². The highest BCUT2D eigenvalue weighted by Crippen LogP contribution is 2.66. The van der Waals surface area contributed by atoms with E-state index in [2.05, 4.69) is 15.5 Å². The molecule has 1 fully saturated rings. The number of alkyl halides is 3. The molecule has 4 aliphatic rings. The standard InChI is InChI=1S/C49H69N3O18.C2HF3O2/c1-44(2,3)66-35(56)25-30(63-42(60)69-46(7,8)9)40(58)50-21-17-33(54)62-29-16-19-49(32-24-27-14-15-28(53)38-37(27)48(49,39(29)65-38)20-23-52(32)13)68-34(55)18-22-51-41(59)31(26-36(57)67-45(4,5)6)64-43(61)70-47(10,11)12;3-2(4,5)1(6)7/h14-16,30-32,39,53H,17-26H2,1-13H3,(H,50,58)(H,51,59);(H,6,7)/t30?,31?,32-,39+,48+,49-;/m1./s1. The largest absolute Gasteiger partial charge is 0.509 e. The van der Waals surface area contributed by atoms with Crippen LogP contribution in [0.25, 0.3) is 0 Å². The van der Waals surface area contributed by atoms with Crippen molar-refractivity contribution in [3.8, 4) is 11.5 Å². The van der Waals surface area contributed by atoms with Crippen molar-refractivity contribution < 1.29 is 109 Å². The lowest BCUT2D eigenvalue weighted by molar-refractivity contribution is -0.206. The molecule has 1 aromatic carbocycles. The molecule has 26 heteroatoms. The molecule has 2 heterocycles. The summed E-state index contributed by atoms with van der Waals surface area (Å²) in [4.78, 5) is 116. The molecular weight excluding hydrogens is 1030 g/mol. The minimum absolute atomic E-state index is 0.0455. The number of esters is 4. The Labute approximate surface area is 443 Å². The number of carboxylic acid groups (broad SMARTS) is 1. The number of aliphatic carboxylic acids is 1. The minimum Gasteiger partial charge on any atom is -0.504 e. The Kier molecular flexibility index (Phi) is 19.4. The lowest BCUT2D eigenvalue weighted by Crippen LogP contribution is -2.75. The highest BCUT2D eigenvalue weighted by molar-refractivity contribution is 5.88. The zero-order valence-electron chi connectivity index (χ0n) is 45.4. The van der Waals surface area contributed by atoms with Crippen LogP contribution >= 0.6 is 0 Å². The molecular formula is C51H70F3N3O20. The first kappa shape index (κ1) is 62.7. The number of likely N-dealkylation sites (tertiary alicyclic amines) is 1. The van der Waals surface area contributed by atoms with E-state index < -0.39 is 131 Å². The Morgan fingerprint density at radius 2 is 1.17 bits per heavy atom. The van der Waals surface area contributed by atoms with Crippen LogP contribution in [0.5, 0.6) is 11.5 Å². The zero-order chi connectivity index (χ0) is 58.4. The second-order valence-electron chi connectivity index (χ2n) is 22.6. The number of carbonyl (C=O) groups excluding carboxylic acids is 8. The van der Waals surface area contributed by atoms with Gasteiger partial charge in [-0.05, 0) is 127 Å². The number of phenols is 1. The van der Waals surface area contributed by atoms with Gasteiger partial charge < -0.3 is 63.5 Å². The zero-order valence-corrected chi connectivity index (χ0v) is 45.4. The van der Waals surface area contributed by atoms with Crippen molar-refractivity contribution in [2.24, 2.45) is 0 Å². The summed E-state index contributed by atoms with van der Waals surface area (Å²) in [6.07, 6.45) is -11.4. The fourth-order valence-corrected chi connectivity index (χ4v) is 9.07. The van der Waals surface area contributed by atoms with Crippen molar-refractivity contribution in [1.82, 2.24) is 15.5 Å². The number of phenolic OH excluding ortho intramolecular Hbond substituents is 1. The van der Waals surface area contributed by atoms with E-state index in [0.29, 0.717) is 24.9 Å². The third-order valence-corrected chi connectivity index (χ3v) is 11.7. The van der Waals surface area contributed by atoms with Gasteiger partial charge in [0.15, 0.2) is 29.8 Å². The van der Waals surface area contributed by atoms with E-state index in [1.54, 1.807) is 95.2 Å². The number of carbonyl (C=O) groups is 9. The Balaban J connectivity index is 0.00000171. The number of piperidine rings is 1. The summed E-state index contributed by atoms with van der Waals surface area (Å²) in [5.74, 6) is -7.55. The van der Waals surface area contributed by atoms with Crippen molar-refractivity contribution in [2.75, 3.05) is 26.7 Å². The number of benzene rings is 1. The van der Waals surface area contributed by atoms with Gasteiger partial charge in [0.1, 0.15) is 33.8 Å². The van der Waals surface area contributed by atoms with Crippen LogP contribution in [-0.4, -0.2) is 154 Å². The van der Waals surface area contributed by atoms with Crippen molar-refractivity contribution in [3.63, 3.8) is 0 Å². The summed E-state index contributed by atoms with van der Waals surface area (Å²) in [6, 6.07) is 2.88. The van der Waals surface area contributed by atoms with Gasteiger partial charge in [-0.1, -0.05) is 6.07 Å². The van der Waals surface area contributed by atoms with Gasteiger partial charge in [0.05, 0.1) is 37.1 Å². The summed E-state index contributed by atoms with van der Waals surface area (Å²) >= 11 is 0. The maximum Gasteiger partial charge on any atom is 0.509 e. The first-order valence-electron chi connectivity index (χ1n) is 24.6. The number of ether oxygens (including phenoxy) is 9. The van der Waals surface area contributed by atoms with E-state index in [1.165, 1.54) is 6.07 Å². The van der Waals surface area contributed by atoms with Crippen LogP contribution in [0.3, 0.4) is 0 Å². The molecule has 1 aromatic rings. The van der Waals surface area contributed by atoms with Gasteiger partial charge in [0.25, 0.3) is 11.8 Å². The number of halogens is 3. The molecule has 2 unspecified atom stereocenters. The third-order valence-electron chi connectivity index (χ3n) is 11.7. The second kappa shape index (κ2) is 23.8. The monoisotopic (exact) mass is 1100 g/mol. The van der Waals surface area contributed by atoms with Crippen molar-refractivity contribution in [1.29, 1.82) is 0 Å². The third kappa shape index (κ3) is 16.8. The van der Waals surface area contributed by atoms with Gasteiger partial charge in [-0.3, -0.25) is 33.7 Å². The number of aromatic hydroxyl groups is 1. The summed E-state index contributed by atoms with van der Waals surface area (Å²) in [5, 5.41) is 23.4. The van der Waals surface area contributed by atoms with Gasteiger partial charge in [0.2, 0.25) is 0 Å². The minimum atomic E-state index is -5.08. The number of hydrogen-bond acceptors (Lipinski definition) is 20. The lowest BCUT2D eigenvalue weighted by atomic mass is 9.50. The summed E-state index contributed by atoms with van der Waals surface area (Å²) in [6.45, 7) is 19.4. The number of rotatable bonds is 16. The average Bonchev–Trinajstić information content (AvgIpc) is 3.60. The van der Waals surface area contributed by atoms with Gasteiger partial charge >= 0.3 is 48.3 Å². The quantitative estimate of drug-likeness (QED) is 0.117. The number of nitrogens with zero attached hydrogens (tertiary/aromatic N) is 1. The summed E-state index contributed by atoms with van der Waals surface area (Å²) in [7, 11) is 1.91. The number of carboxylic acids is 1. The molecule has 2 aliphatic carbocycles. The van der Waals surface area contributed by atoms with Crippen LogP contribution in [0.2, 0.25) is 0 Å². The van der Waals surface area contributed by atoms with Crippen LogP contribution < -0.4 is 15.4 Å². The van der Waals surface area contributed by atoms with Crippen molar-refractivity contribution in [2.45, 2.75) is 192 Å². The van der Waals surface area contributed by atoms with Crippen LogP contribution in [0, 0.1) is 0 Å². The smallest absolute Gasteiger partial charge is 0.504 e. The number of likely N-dealkylation sites (N-methyl/N-ethyl adjacent to an activating group) is 1.